The Morgan fingerprint density at radius 2 is 2.38 bits per heavy atom. The van der Waals surface area contributed by atoms with Crippen molar-refractivity contribution in [3.05, 3.63) is 18.3 Å². The highest BCUT2D eigenvalue weighted by atomic mass is 32.2. The number of pyridine rings is 1. The third-order valence-electron chi connectivity index (χ3n) is 3.05. The van der Waals surface area contributed by atoms with Gasteiger partial charge in [-0.3, -0.25) is 0 Å². The van der Waals surface area contributed by atoms with Crippen molar-refractivity contribution < 1.29 is 4.74 Å². The van der Waals surface area contributed by atoms with E-state index in [-0.39, 0.29) is 0 Å². The lowest BCUT2D eigenvalue weighted by Gasteiger charge is -2.15. The standard InChI is InChI=1S/C12H18N2OS/c1-15-11-4-3-7-13-12(11)14-9-5-6-10(8-9)16-2/h3-4,7,9-10H,5-6,8H2,1-2H3,(H,13,14). The first-order valence-electron chi connectivity index (χ1n) is 5.62. The summed E-state index contributed by atoms with van der Waals surface area (Å²) in [5.41, 5.74) is 0. The zero-order valence-electron chi connectivity index (χ0n) is 9.77. The molecule has 16 heavy (non-hydrogen) atoms. The van der Waals surface area contributed by atoms with Gasteiger partial charge in [0, 0.05) is 17.5 Å². The molecule has 2 atom stereocenters. The van der Waals surface area contributed by atoms with E-state index in [1.807, 2.05) is 23.9 Å². The van der Waals surface area contributed by atoms with Gasteiger partial charge in [0.05, 0.1) is 7.11 Å². The summed E-state index contributed by atoms with van der Waals surface area (Å²) < 4.78 is 5.28. The third-order valence-corrected chi connectivity index (χ3v) is 4.14. The van der Waals surface area contributed by atoms with Gasteiger partial charge in [-0.05, 0) is 37.7 Å². The molecule has 0 aromatic carbocycles. The molecule has 1 saturated carbocycles. The second-order valence-corrected chi connectivity index (χ2v) is 5.20. The second-order valence-electron chi connectivity index (χ2n) is 4.07. The number of ether oxygens (including phenoxy) is 1. The molecule has 2 rings (SSSR count). The molecule has 4 heteroatoms. The maximum absolute atomic E-state index is 5.28. The van der Waals surface area contributed by atoms with Crippen molar-refractivity contribution in [2.75, 3.05) is 18.7 Å². The van der Waals surface area contributed by atoms with Crippen LogP contribution in [0.5, 0.6) is 5.75 Å². The number of aromatic nitrogens is 1. The van der Waals surface area contributed by atoms with E-state index in [1.54, 1.807) is 13.3 Å². The molecule has 3 nitrogen and oxygen atoms in total. The Morgan fingerprint density at radius 3 is 3.06 bits per heavy atom. The lowest BCUT2D eigenvalue weighted by Crippen LogP contribution is -2.17. The maximum Gasteiger partial charge on any atom is 0.168 e. The number of anilines is 1. The molecular formula is C12H18N2OS. The van der Waals surface area contributed by atoms with Gasteiger partial charge in [-0.2, -0.15) is 11.8 Å². The van der Waals surface area contributed by atoms with Crippen LogP contribution in [0.1, 0.15) is 19.3 Å². The van der Waals surface area contributed by atoms with E-state index >= 15 is 0 Å². The summed E-state index contributed by atoms with van der Waals surface area (Å²) in [6.45, 7) is 0. The van der Waals surface area contributed by atoms with E-state index in [2.05, 4.69) is 16.6 Å². The van der Waals surface area contributed by atoms with Gasteiger partial charge in [-0.1, -0.05) is 0 Å². The van der Waals surface area contributed by atoms with Crippen molar-refractivity contribution in [1.29, 1.82) is 0 Å². The summed E-state index contributed by atoms with van der Waals surface area (Å²) in [6.07, 6.45) is 7.74. The molecule has 0 saturated heterocycles. The molecule has 1 fully saturated rings. The average molecular weight is 238 g/mol. The quantitative estimate of drug-likeness (QED) is 0.874. The number of nitrogens with one attached hydrogen (secondary N) is 1. The van der Waals surface area contributed by atoms with E-state index in [1.165, 1.54) is 19.3 Å². The summed E-state index contributed by atoms with van der Waals surface area (Å²) in [6, 6.07) is 4.38. The lowest BCUT2D eigenvalue weighted by atomic mass is 10.2. The minimum atomic E-state index is 0.543. The van der Waals surface area contributed by atoms with Crippen LogP contribution in [0.3, 0.4) is 0 Å². The molecular weight excluding hydrogens is 220 g/mol. The third kappa shape index (κ3) is 2.61. The van der Waals surface area contributed by atoms with Gasteiger partial charge in [0.15, 0.2) is 11.6 Å². The van der Waals surface area contributed by atoms with E-state index in [4.69, 9.17) is 4.74 Å². The molecule has 0 spiro atoms. The predicted octanol–water partition coefficient (Wildman–Crippen LogP) is 2.79. The zero-order valence-corrected chi connectivity index (χ0v) is 10.6. The molecule has 1 aliphatic carbocycles. The second kappa shape index (κ2) is 5.43. The van der Waals surface area contributed by atoms with Crippen LogP contribution in [0, 0.1) is 0 Å². The van der Waals surface area contributed by atoms with Crippen molar-refractivity contribution in [2.24, 2.45) is 0 Å². The summed E-state index contributed by atoms with van der Waals surface area (Å²) >= 11 is 1.97. The van der Waals surface area contributed by atoms with Gasteiger partial charge in [-0.25, -0.2) is 4.98 Å². The van der Waals surface area contributed by atoms with Crippen LogP contribution in [0.25, 0.3) is 0 Å². The van der Waals surface area contributed by atoms with Crippen LogP contribution in [-0.4, -0.2) is 29.6 Å². The van der Waals surface area contributed by atoms with Gasteiger partial charge in [0.2, 0.25) is 0 Å². The smallest absolute Gasteiger partial charge is 0.168 e. The van der Waals surface area contributed by atoms with Crippen molar-refractivity contribution in [3.8, 4) is 5.75 Å². The van der Waals surface area contributed by atoms with Crippen molar-refractivity contribution >= 4 is 17.6 Å². The first kappa shape index (κ1) is 11.6. The molecule has 1 aromatic rings. The Kier molecular flexibility index (Phi) is 3.93. The van der Waals surface area contributed by atoms with E-state index in [9.17, 15) is 0 Å². The molecule has 1 heterocycles. The SMILES string of the molecule is COc1cccnc1NC1CCC(SC)C1. The number of hydrogen-bond acceptors (Lipinski definition) is 4. The van der Waals surface area contributed by atoms with Crippen LogP contribution in [0.15, 0.2) is 18.3 Å². The molecule has 1 N–H and O–H groups in total. The van der Waals surface area contributed by atoms with E-state index < -0.39 is 0 Å². The fourth-order valence-electron chi connectivity index (χ4n) is 2.14. The Labute approximate surface area is 101 Å². The largest absolute Gasteiger partial charge is 0.493 e. The van der Waals surface area contributed by atoms with Gasteiger partial charge < -0.3 is 10.1 Å². The molecule has 1 aliphatic rings. The van der Waals surface area contributed by atoms with Gasteiger partial charge in [0.25, 0.3) is 0 Å². The Balaban J connectivity index is 1.99. The molecule has 0 aliphatic heterocycles. The Bertz CT molecular complexity index is 346. The van der Waals surface area contributed by atoms with Crippen LogP contribution in [0.2, 0.25) is 0 Å². The summed E-state index contributed by atoms with van der Waals surface area (Å²) in [4.78, 5) is 4.32. The lowest BCUT2D eigenvalue weighted by molar-refractivity contribution is 0.414. The van der Waals surface area contributed by atoms with Crippen LogP contribution < -0.4 is 10.1 Å². The van der Waals surface area contributed by atoms with Crippen molar-refractivity contribution in [3.63, 3.8) is 0 Å². The van der Waals surface area contributed by atoms with Gasteiger partial charge in [-0.15, -0.1) is 0 Å². The minimum Gasteiger partial charge on any atom is -0.493 e. The number of hydrogen-bond donors (Lipinski definition) is 1. The minimum absolute atomic E-state index is 0.543. The highest BCUT2D eigenvalue weighted by Crippen LogP contribution is 2.31. The van der Waals surface area contributed by atoms with Crippen LogP contribution >= 0.6 is 11.8 Å². The number of methoxy groups -OCH3 is 1. The van der Waals surface area contributed by atoms with Gasteiger partial charge >= 0.3 is 0 Å². The first-order valence-corrected chi connectivity index (χ1v) is 6.90. The topological polar surface area (TPSA) is 34.1 Å². The number of thioether (sulfide) groups is 1. The molecule has 0 radical (unpaired) electrons. The predicted molar refractivity (Wildman–Crippen MR) is 69.4 cm³/mol. The maximum atomic E-state index is 5.28. The highest BCUT2D eigenvalue weighted by Gasteiger charge is 2.24. The van der Waals surface area contributed by atoms with Crippen molar-refractivity contribution in [1.82, 2.24) is 4.98 Å². The fraction of sp³-hybridized carbons (Fsp3) is 0.583. The van der Waals surface area contributed by atoms with E-state index in [0.29, 0.717) is 6.04 Å². The van der Waals surface area contributed by atoms with Crippen LogP contribution in [0.4, 0.5) is 5.82 Å². The molecule has 0 amide bonds. The molecule has 2 unspecified atom stereocenters. The first-order chi connectivity index (χ1) is 7.83. The molecule has 88 valence electrons. The van der Waals surface area contributed by atoms with E-state index in [0.717, 1.165) is 16.8 Å². The zero-order chi connectivity index (χ0) is 11.4. The molecule has 1 aromatic heterocycles. The molecule has 0 bridgehead atoms. The number of rotatable bonds is 4. The summed E-state index contributed by atoms with van der Waals surface area (Å²) in [5.74, 6) is 1.70. The van der Waals surface area contributed by atoms with Gasteiger partial charge in [0.1, 0.15) is 0 Å². The average Bonchev–Trinajstić information content (AvgIpc) is 2.77. The monoisotopic (exact) mass is 238 g/mol. The highest BCUT2D eigenvalue weighted by molar-refractivity contribution is 7.99. The Morgan fingerprint density at radius 1 is 1.50 bits per heavy atom. The summed E-state index contributed by atoms with van der Waals surface area (Å²) in [7, 11) is 1.68. The van der Waals surface area contributed by atoms with Crippen molar-refractivity contribution in [2.45, 2.75) is 30.6 Å². The fourth-order valence-corrected chi connectivity index (χ4v) is 2.94. The normalized spacial score (nSPS) is 24.4. The number of nitrogens with zero attached hydrogens (tertiary/aromatic N) is 1. The Hall–Kier alpha value is -0.900. The van der Waals surface area contributed by atoms with Crippen LogP contribution in [-0.2, 0) is 0 Å². The summed E-state index contributed by atoms with van der Waals surface area (Å²) in [5, 5.41) is 4.27.